The molecule has 2 aromatic rings. The van der Waals surface area contributed by atoms with Gasteiger partial charge in [-0.05, 0) is 52.2 Å². The quantitative estimate of drug-likeness (QED) is 0.890. The van der Waals surface area contributed by atoms with Crippen molar-refractivity contribution in [3.05, 3.63) is 58.1 Å². The molecule has 0 saturated carbocycles. The Bertz CT molecular complexity index is 615. The smallest absolute Gasteiger partial charge is 0.133 e. The van der Waals surface area contributed by atoms with Crippen molar-refractivity contribution in [2.24, 2.45) is 5.73 Å². The highest BCUT2D eigenvalue weighted by Crippen LogP contribution is 2.32. The highest BCUT2D eigenvalue weighted by molar-refractivity contribution is 9.10. The van der Waals surface area contributed by atoms with E-state index in [1.54, 1.807) is 7.11 Å². The van der Waals surface area contributed by atoms with Crippen LogP contribution in [0.1, 0.15) is 17.2 Å². The Kier molecular flexibility index (Phi) is 5.26. The summed E-state index contributed by atoms with van der Waals surface area (Å²) in [4.78, 5) is 2.23. The zero-order valence-electron chi connectivity index (χ0n) is 12.6. The van der Waals surface area contributed by atoms with Crippen molar-refractivity contribution >= 4 is 21.6 Å². The van der Waals surface area contributed by atoms with Gasteiger partial charge in [0.25, 0.3) is 0 Å². The number of likely N-dealkylation sites (N-methyl/N-ethyl adjacent to an activating group) is 1. The van der Waals surface area contributed by atoms with Gasteiger partial charge in [-0.15, -0.1) is 0 Å². The summed E-state index contributed by atoms with van der Waals surface area (Å²) < 4.78 is 6.23. The lowest BCUT2D eigenvalue weighted by Gasteiger charge is -2.31. The van der Waals surface area contributed by atoms with Gasteiger partial charge < -0.3 is 15.4 Å². The number of rotatable bonds is 5. The molecule has 2 N–H and O–H groups in total. The van der Waals surface area contributed by atoms with Crippen LogP contribution in [0.15, 0.2) is 46.9 Å². The van der Waals surface area contributed by atoms with Gasteiger partial charge in [0.2, 0.25) is 0 Å². The number of aryl methyl sites for hydroxylation is 1. The molecule has 0 aromatic heterocycles. The molecule has 0 saturated heterocycles. The van der Waals surface area contributed by atoms with E-state index in [9.17, 15) is 0 Å². The van der Waals surface area contributed by atoms with Crippen LogP contribution in [-0.2, 0) is 0 Å². The maximum absolute atomic E-state index is 6.03. The standard InChI is InChI=1S/C17H21BrN2O/c1-12-6-4-5-7-15(12)20(2)16(11-19)13-8-9-17(21-3)14(18)10-13/h4-10,16H,11,19H2,1-3H3. The number of methoxy groups -OCH3 is 1. The molecule has 112 valence electrons. The highest BCUT2D eigenvalue weighted by Gasteiger charge is 2.18. The van der Waals surface area contributed by atoms with Gasteiger partial charge in [0.15, 0.2) is 0 Å². The second-order valence-electron chi connectivity index (χ2n) is 5.04. The van der Waals surface area contributed by atoms with Crippen LogP contribution in [0.5, 0.6) is 5.75 Å². The second kappa shape index (κ2) is 6.96. The molecule has 0 aliphatic heterocycles. The Morgan fingerprint density at radius 3 is 2.52 bits per heavy atom. The van der Waals surface area contributed by atoms with Crippen LogP contribution >= 0.6 is 15.9 Å². The number of ether oxygens (including phenoxy) is 1. The Morgan fingerprint density at radius 2 is 1.95 bits per heavy atom. The Labute approximate surface area is 134 Å². The SMILES string of the molecule is COc1ccc(C(CN)N(C)c2ccccc2C)cc1Br. The van der Waals surface area contributed by atoms with Gasteiger partial charge >= 0.3 is 0 Å². The largest absolute Gasteiger partial charge is 0.496 e. The first kappa shape index (κ1) is 15.9. The minimum atomic E-state index is 0.119. The molecule has 21 heavy (non-hydrogen) atoms. The second-order valence-corrected chi connectivity index (χ2v) is 5.90. The van der Waals surface area contributed by atoms with E-state index < -0.39 is 0 Å². The molecule has 0 fully saturated rings. The lowest BCUT2D eigenvalue weighted by molar-refractivity contribution is 0.412. The van der Waals surface area contributed by atoms with Crippen molar-refractivity contribution in [2.75, 3.05) is 25.6 Å². The summed E-state index contributed by atoms with van der Waals surface area (Å²) in [6.45, 7) is 2.66. The highest BCUT2D eigenvalue weighted by atomic mass is 79.9. The number of halogens is 1. The molecule has 0 amide bonds. The summed E-state index contributed by atoms with van der Waals surface area (Å²) in [5, 5.41) is 0. The van der Waals surface area contributed by atoms with E-state index in [4.69, 9.17) is 10.5 Å². The number of hydrogen-bond acceptors (Lipinski definition) is 3. The zero-order chi connectivity index (χ0) is 15.4. The first-order valence-corrected chi connectivity index (χ1v) is 7.69. The molecule has 2 aromatic carbocycles. The Hall–Kier alpha value is -1.52. The van der Waals surface area contributed by atoms with Gasteiger partial charge in [0.1, 0.15) is 5.75 Å². The van der Waals surface area contributed by atoms with Crippen LogP contribution in [0.3, 0.4) is 0 Å². The molecule has 0 heterocycles. The van der Waals surface area contributed by atoms with Gasteiger partial charge in [0.05, 0.1) is 17.6 Å². The van der Waals surface area contributed by atoms with Gasteiger partial charge in [-0.1, -0.05) is 24.3 Å². The molecule has 3 nitrogen and oxygen atoms in total. The van der Waals surface area contributed by atoms with Crippen LogP contribution in [0, 0.1) is 6.92 Å². The third-order valence-electron chi connectivity index (χ3n) is 3.75. The van der Waals surface area contributed by atoms with Crippen LogP contribution in [0.2, 0.25) is 0 Å². The monoisotopic (exact) mass is 348 g/mol. The number of nitrogens with zero attached hydrogens (tertiary/aromatic N) is 1. The average Bonchev–Trinajstić information content (AvgIpc) is 2.48. The fourth-order valence-corrected chi connectivity index (χ4v) is 3.09. The van der Waals surface area contributed by atoms with E-state index in [1.807, 2.05) is 12.1 Å². The van der Waals surface area contributed by atoms with E-state index in [0.29, 0.717) is 6.54 Å². The van der Waals surface area contributed by atoms with E-state index in [1.165, 1.54) is 11.3 Å². The molecule has 4 heteroatoms. The van der Waals surface area contributed by atoms with Crippen molar-refractivity contribution in [2.45, 2.75) is 13.0 Å². The fraction of sp³-hybridized carbons (Fsp3) is 0.294. The van der Waals surface area contributed by atoms with E-state index in [-0.39, 0.29) is 6.04 Å². The van der Waals surface area contributed by atoms with Gasteiger partial charge in [-0.3, -0.25) is 0 Å². The molecule has 0 spiro atoms. The van der Waals surface area contributed by atoms with Crippen molar-refractivity contribution < 1.29 is 4.74 Å². The molecular weight excluding hydrogens is 328 g/mol. The molecule has 0 bridgehead atoms. The third-order valence-corrected chi connectivity index (χ3v) is 4.37. The van der Waals surface area contributed by atoms with Gasteiger partial charge in [0, 0.05) is 19.3 Å². The fourth-order valence-electron chi connectivity index (χ4n) is 2.53. The summed E-state index contributed by atoms with van der Waals surface area (Å²) in [7, 11) is 3.75. The summed E-state index contributed by atoms with van der Waals surface area (Å²) in [6.07, 6.45) is 0. The number of para-hydroxylation sites is 1. The average molecular weight is 349 g/mol. The molecule has 2 rings (SSSR count). The molecule has 0 aliphatic carbocycles. The lowest BCUT2D eigenvalue weighted by atomic mass is 10.0. The molecule has 0 aliphatic rings. The first-order chi connectivity index (χ1) is 10.1. The van der Waals surface area contributed by atoms with Gasteiger partial charge in [-0.25, -0.2) is 0 Å². The summed E-state index contributed by atoms with van der Waals surface area (Å²) in [5.74, 6) is 0.827. The maximum Gasteiger partial charge on any atom is 0.133 e. The molecule has 1 unspecified atom stereocenters. The van der Waals surface area contributed by atoms with Crippen LogP contribution in [0.25, 0.3) is 0 Å². The summed E-state index contributed by atoms with van der Waals surface area (Å²) in [5.41, 5.74) is 9.62. The predicted molar refractivity (Wildman–Crippen MR) is 92.1 cm³/mol. The van der Waals surface area contributed by atoms with Crippen molar-refractivity contribution in [3.63, 3.8) is 0 Å². The number of anilines is 1. The zero-order valence-corrected chi connectivity index (χ0v) is 14.2. The summed E-state index contributed by atoms with van der Waals surface area (Å²) >= 11 is 3.54. The topological polar surface area (TPSA) is 38.5 Å². The van der Waals surface area contributed by atoms with Crippen molar-refractivity contribution in [1.29, 1.82) is 0 Å². The van der Waals surface area contributed by atoms with E-state index >= 15 is 0 Å². The predicted octanol–water partition coefficient (Wildman–Crippen LogP) is 3.90. The van der Waals surface area contributed by atoms with Crippen LogP contribution < -0.4 is 15.4 Å². The number of nitrogens with two attached hydrogens (primary N) is 1. The normalized spacial score (nSPS) is 12.0. The minimum absolute atomic E-state index is 0.119. The lowest BCUT2D eigenvalue weighted by Crippen LogP contribution is -2.30. The Morgan fingerprint density at radius 1 is 1.24 bits per heavy atom. The van der Waals surface area contributed by atoms with Crippen LogP contribution in [-0.4, -0.2) is 20.7 Å². The van der Waals surface area contributed by atoms with Crippen molar-refractivity contribution in [3.8, 4) is 5.75 Å². The molecular formula is C17H21BrN2O. The number of benzene rings is 2. The van der Waals surface area contributed by atoms with Crippen molar-refractivity contribution in [1.82, 2.24) is 0 Å². The minimum Gasteiger partial charge on any atom is -0.496 e. The van der Waals surface area contributed by atoms with Crippen LogP contribution in [0.4, 0.5) is 5.69 Å². The summed E-state index contributed by atoms with van der Waals surface area (Å²) in [6, 6.07) is 14.6. The van der Waals surface area contributed by atoms with Gasteiger partial charge in [-0.2, -0.15) is 0 Å². The first-order valence-electron chi connectivity index (χ1n) is 6.90. The molecule has 1 atom stereocenters. The van der Waals surface area contributed by atoms with E-state index in [2.05, 4.69) is 65.1 Å². The number of hydrogen-bond donors (Lipinski definition) is 1. The third kappa shape index (κ3) is 3.39. The molecule has 0 radical (unpaired) electrons. The maximum atomic E-state index is 6.03. The Balaban J connectivity index is 2.35. The van der Waals surface area contributed by atoms with E-state index in [0.717, 1.165) is 15.8 Å².